The van der Waals surface area contributed by atoms with Crippen molar-refractivity contribution in [2.75, 3.05) is 19.8 Å². The minimum atomic E-state index is -0.600. The lowest BCUT2D eigenvalue weighted by Gasteiger charge is -2.18. The number of allylic oxidation sites excluding steroid dienone is 16. The maximum Gasteiger partial charge on any atom is 0.306 e. The molecule has 0 aromatic rings. The molecule has 0 rings (SSSR count). The highest BCUT2D eigenvalue weighted by atomic mass is 16.6. The van der Waals surface area contributed by atoms with Gasteiger partial charge in [-0.05, 0) is 89.9 Å². The van der Waals surface area contributed by atoms with Gasteiger partial charge in [-0.1, -0.05) is 259 Å². The molecular formula is C63H108O5. The molecule has 5 nitrogen and oxygen atoms in total. The number of hydrogen-bond donors (Lipinski definition) is 0. The zero-order chi connectivity index (χ0) is 49.2. The molecule has 0 fully saturated rings. The van der Waals surface area contributed by atoms with Crippen LogP contribution in [0, 0.1) is 0 Å². The van der Waals surface area contributed by atoms with Gasteiger partial charge in [0.25, 0.3) is 0 Å². The van der Waals surface area contributed by atoms with Crippen LogP contribution in [0.2, 0.25) is 0 Å². The molecule has 5 heteroatoms. The molecule has 0 saturated heterocycles. The van der Waals surface area contributed by atoms with Crippen LogP contribution >= 0.6 is 0 Å². The number of ether oxygens (including phenoxy) is 3. The average Bonchev–Trinajstić information content (AvgIpc) is 3.34. The first kappa shape index (κ1) is 64.8. The minimum absolute atomic E-state index is 0.0273. The van der Waals surface area contributed by atoms with Crippen molar-refractivity contribution in [2.24, 2.45) is 0 Å². The Balaban J connectivity index is 4.46. The maximum atomic E-state index is 12.8. The van der Waals surface area contributed by atoms with Crippen molar-refractivity contribution in [3.8, 4) is 0 Å². The first-order chi connectivity index (χ1) is 33.6. The number of carbonyl (C=O) groups is 2. The first-order valence-corrected chi connectivity index (χ1v) is 28.8. The van der Waals surface area contributed by atoms with Gasteiger partial charge >= 0.3 is 11.9 Å². The molecule has 0 aromatic heterocycles. The van der Waals surface area contributed by atoms with E-state index in [1.165, 1.54) is 161 Å². The van der Waals surface area contributed by atoms with E-state index in [0.29, 0.717) is 19.4 Å². The van der Waals surface area contributed by atoms with Gasteiger partial charge in [0.1, 0.15) is 6.61 Å². The van der Waals surface area contributed by atoms with E-state index in [1.807, 2.05) is 6.08 Å². The minimum Gasteiger partial charge on any atom is -0.462 e. The summed E-state index contributed by atoms with van der Waals surface area (Å²) < 4.78 is 17.4. The van der Waals surface area contributed by atoms with E-state index < -0.39 is 6.10 Å². The Morgan fingerprint density at radius 2 is 0.647 bits per heavy atom. The highest BCUT2D eigenvalue weighted by Gasteiger charge is 2.17. The standard InChI is InChI=1S/C63H108O5/c1-4-7-10-13-16-19-22-25-28-31-32-34-36-39-42-45-48-51-54-57-63(65)68-61(59-66-58-55-52-49-46-43-40-37-30-27-24-21-18-15-12-9-6-3)60-67-62(64)56-53-50-47-44-41-38-35-33-29-26-23-20-17-14-11-8-5-2/h16,19,25-26,28-29,32,34-35,38-39,42,44,47-48,51,61H,4-15,17-18,20-24,27,30-31,33,36-37,40-41,43,45-46,49-50,52-60H2,1-3H3/b19-16-,28-25-,29-26-,34-32-,38-35-,42-39-,47-44-,51-48-/t61-/m1/s1. The molecule has 0 aliphatic heterocycles. The Kier molecular flexibility index (Phi) is 55.4. The van der Waals surface area contributed by atoms with Gasteiger partial charge in [-0.25, -0.2) is 0 Å². The fourth-order valence-corrected chi connectivity index (χ4v) is 7.80. The summed E-state index contributed by atoms with van der Waals surface area (Å²) in [5.41, 5.74) is 0. The number of hydrogen-bond acceptors (Lipinski definition) is 5. The fraction of sp³-hybridized carbons (Fsp3) is 0.714. The van der Waals surface area contributed by atoms with Crippen LogP contribution in [0.4, 0.5) is 0 Å². The fourth-order valence-electron chi connectivity index (χ4n) is 7.80. The lowest BCUT2D eigenvalue weighted by Crippen LogP contribution is -2.30. The van der Waals surface area contributed by atoms with Crippen LogP contribution in [0.15, 0.2) is 97.2 Å². The zero-order valence-corrected chi connectivity index (χ0v) is 44.8. The van der Waals surface area contributed by atoms with Gasteiger partial charge in [0.15, 0.2) is 6.10 Å². The van der Waals surface area contributed by atoms with E-state index in [2.05, 4.69) is 112 Å². The Bertz CT molecular complexity index is 1300. The summed E-state index contributed by atoms with van der Waals surface area (Å²) in [6, 6.07) is 0. The highest BCUT2D eigenvalue weighted by molar-refractivity contribution is 5.70. The zero-order valence-electron chi connectivity index (χ0n) is 44.8. The first-order valence-electron chi connectivity index (χ1n) is 28.8. The molecule has 0 amide bonds. The molecule has 0 unspecified atom stereocenters. The third kappa shape index (κ3) is 55.4. The molecule has 0 saturated carbocycles. The van der Waals surface area contributed by atoms with Gasteiger partial charge in [-0.15, -0.1) is 0 Å². The van der Waals surface area contributed by atoms with Crippen LogP contribution in [0.5, 0.6) is 0 Å². The summed E-state index contributed by atoms with van der Waals surface area (Å²) in [6.45, 7) is 7.68. The number of rotatable bonds is 52. The molecule has 0 radical (unpaired) electrons. The van der Waals surface area contributed by atoms with E-state index in [1.54, 1.807) is 0 Å². The molecule has 68 heavy (non-hydrogen) atoms. The lowest BCUT2D eigenvalue weighted by molar-refractivity contribution is -0.162. The number of unbranched alkanes of at least 4 members (excludes halogenated alkanes) is 25. The number of carbonyl (C=O) groups excluding carboxylic acids is 2. The molecule has 0 aliphatic carbocycles. The number of esters is 2. The molecule has 390 valence electrons. The molecule has 0 spiro atoms. The Hall–Kier alpha value is -3.18. The second kappa shape index (κ2) is 58.1. The molecule has 0 aromatic carbocycles. The Labute approximate surface area is 422 Å². The van der Waals surface area contributed by atoms with E-state index >= 15 is 0 Å². The smallest absolute Gasteiger partial charge is 0.306 e. The Morgan fingerprint density at radius 1 is 0.324 bits per heavy atom. The maximum absolute atomic E-state index is 12.8. The van der Waals surface area contributed by atoms with Crippen molar-refractivity contribution in [3.05, 3.63) is 97.2 Å². The van der Waals surface area contributed by atoms with Gasteiger partial charge in [-0.2, -0.15) is 0 Å². The molecule has 0 aliphatic rings. The predicted octanol–water partition coefficient (Wildman–Crippen LogP) is 19.8. The lowest BCUT2D eigenvalue weighted by atomic mass is 10.0. The van der Waals surface area contributed by atoms with Crippen molar-refractivity contribution in [2.45, 2.75) is 271 Å². The molecule has 0 N–H and O–H groups in total. The van der Waals surface area contributed by atoms with E-state index in [0.717, 1.165) is 64.2 Å². The Morgan fingerprint density at radius 3 is 1.07 bits per heavy atom. The molecule has 0 bridgehead atoms. The van der Waals surface area contributed by atoms with Crippen LogP contribution in [-0.2, 0) is 23.8 Å². The topological polar surface area (TPSA) is 61.8 Å². The van der Waals surface area contributed by atoms with E-state index in [-0.39, 0.29) is 31.6 Å². The largest absolute Gasteiger partial charge is 0.462 e. The second-order valence-electron chi connectivity index (χ2n) is 18.8. The highest BCUT2D eigenvalue weighted by Crippen LogP contribution is 2.15. The van der Waals surface area contributed by atoms with Gasteiger partial charge in [0.2, 0.25) is 0 Å². The second-order valence-corrected chi connectivity index (χ2v) is 18.8. The molecule has 0 heterocycles. The summed E-state index contributed by atoms with van der Waals surface area (Å²) in [5.74, 6) is -0.549. The van der Waals surface area contributed by atoms with Crippen LogP contribution in [-0.4, -0.2) is 37.9 Å². The van der Waals surface area contributed by atoms with Crippen molar-refractivity contribution >= 4 is 11.9 Å². The normalized spacial score (nSPS) is 12.9. The summed E-state index contributed by atoms with van der Waals surface area (Å²) in [7, 11) is 0. The summed E-state index contributed by atoms with van der Waals surface area (Å²) >= 11 is 0. The SMILES string of the molecule is CCCCC/C=C\C/C=C\C/C=C\C/C=C\C/C=C\CCC(=O)O[C@H](COCCCCCCCCCCCCCCCCCC)COC(=O)CCC/C=C\C/C=C\C/C=C\CCCCCCCC. The monoisotopic (exact) mass is 945 g/mol. The van der Waals surface area contributed by atoms with E-state index in [9.17, 15) is 9.59 Å². The van der Waals surface area contributed by atoms with Crippen molar-refractivity contribution < 1.29 is 23.8 Å². The van der Waals surface area contributed by atoms with Crippen LogP contribution in [0.3, 0.4) is 0 Å². The third-order valence-electron chi connectivity index (χ3n) is 12.1. The van der Waals surface area contributed by atoms with Crippen molar-refractivity contribution in [1.82, 2.24) is 0 Å². The van der Waals surface area contributed by atoms with Gasteiger partial charge < -0.3 is 14.2 Å². The van der Waals surface area contributed by atoms with Gasteiger partial charge in [0.05, 0.1) is 6.61 Å². The van der Waals surface area contributed by atoms with E-state index in [4.69, 9.17) is 14.2 Å². The summed E-state index contributed by atoms with van der Waals surface area (Å²) in [5, 5.41) is 0. The van der Waals surface area contributed by atoms with Crippen molar-refractivity contribution in [3.63, 3.8) is 0 Å². The summed E-state index contributed by atoms with van der Waals surface area (Å²) in [4.78, 5) is 25.4. The predicted molar refractivity (Wildman–Crippen MR) is 297 cm³/mol. The van der Waals surface area contributed by atoms with Gasteiger partial charge in [0, 0.05) is 19.4 Å². The van der Waals surface area contributed by atoms with Crippen LogP contribution in [0.25, 0.3) is 0 Å². The summed E-state index contributed by atoms with van der Waals surface area (Å²) in [6.07, 6.45) is 78.7. The molecular weight excluding hydrogens is 837 g/mol. The van der Waals surface area contributed by atoms with Crippen LogP contribution in [0.1, 0.15) is 265 Å². The van der Waals surface area contributed by atoms with Crippen molar-refractivity contribution in [1.29, 1.82) is 0 Å². The van der Waals surface area contributed by atoms with Crippen LogP contribution < -0.4 is 0 Å². The quantitative estimate of drug-likeness (QED) is 0.0345. The molecule has 1 atom stereocenters. The third-order valence-corrected chi connectivity index (χ3v) is 12.1. The van der Waals surface area contributed by atoms with Gasteiger partial charge in [-0.3, -0.25) is 9.59 Å². The average molecular weight is 946 g/mol.